The van der Waals surface area contributed by atoms with Gasteiger partial charge in [0.15, 0.2) is 0 Å². The standard InChI is InChI=1S/C19H20N2O2/c1-2-23-21-19(22)12-16(14-8-4-3-5-9-14)17-13-20-18-11-7-6-10-15(17)18/h3-11,13,16,20H,2,12H2,1H3,(H,21,22). The van der Waals surface area contributed by atoms with Crippen molar-refractivity contribution in [1.29, 1.82) is 0 Å². The van der Waals surface area contributed by atoms with Crippen LogP contribution >= 0.6 is 0 Å². The molecule has 3 aromatic rings. The predicted octanol–water partition coefficient (Wildman–Crippen LogP) is 3.76. The van der Waals surface area contributed by atoms with Crippen molar-refractivity contribution in [2.45, 2.75) is 19.3 Å². The highest BCUT2D eigenvalue weighted by Gasteiger charge is 2.21. The monoisotopic (exact) mass is 308 g/mol. The van der Waals surface area contributed by atoms with Crippen molar-refractivity contribution in [2.24, 2.45) is 0 Å². The Balaban J connectivity index is 1.96. The summed E-state index contributed by atoms with van der Waals surface area (Å²) in [4.78, 5) is 20.5. The Morgan fingerprint density at radius 1 is 1.13 bits per heavy atom. The van der Waals surface area contributed by atoms with Gasteiger partial charge in [0.05, 0.1) is 6.61 Å². The summed E-state index contributed by atoms with van der Waals surface area (Å²) in [6.07, 6.45) is 2.34. The van der Waals surface area contributed by atoms with E-state index in [2.05, 4.69) is 28.7 Å². The van der Waals surface area contributed by atoms with Gasteiger partial charge in [0.1, 0.15) is 0 Å². The van der Waals surface area contributed by atoms with Gasteiger partial charge in [-0.2, -0.15) is 0 Å². The molecule has 0 aliphatic heterocycles. The van der Waals surface area contributed by atoms with Gasteiger partial charge in [-0.05, 0) is 24.1 Å². The van der Waals surface area contributed by atoms with Gasteiger partial charge < -0.3 is 4.98 Å². The molecule has 1 aromatic heterocycles. The number of fused-ring (bicyclic) bond motifs is 1. The average molecular weight is 308 g/mol. The minimum absolute atomic E-state index is 0.0205. The molecule has 2 aromatic carbocycles. The molecule has 1 atom stereocenters. The van der Waals surface area contributed by atoms with E-state index in [9.17, 15) is 4.79 Å². The van der Waals surface area contributed by atoms with Crippen LogP contribution in [0.2, 0.25) is 0 Å². The number of carbonyl (C=O) groups excluding carboxylic acids is 1. The number of amides is 1. The number of carbonyl (C=O) groups is 1. The molecule has 0 spiro atoms. The topological polar surface area (TPSA) is 54.1 Å². The highest BCUT2D eigenvalue weighted by Crippen LogP contribution is 2.33. The first-order valence-corrected chi connectivity index (χ1v) is 7.81. The molecule has 0 aliphatic rings. The molecule has 23 heavy (non-hydrogen) atoms. The molecular weight excluding hydrogens is 288 g/mol. The summed E-state index contributed by atoms with van der Waals surface area (Å²) in [6.45, 7) is 2.30. The predicted molar refractivity (Wildman–Crippen MR) is 91.0 cm³/mol. The average Bonchev–Trinajstić information content (AvgIpc) is 3.02. The van der Waals surface area contributed by atoms with Gasteiger partial charge in [0.25, 0.3) is 0 Å². The van der Waals surface area contributed by atoms with Crippen LogP contribution in [0.5, 0.6) is 0 Å². The van der Waals surface area contributed by atoms with Crippen LogP contribution in [0.4, 0.5) is 0 Å². The summed E-state index contributed by atoms with van der Waals surface area (Å²) >= 11 is 0. The molecule has 0 saturated carbocycles. The van der Waals surface area contributed by atoms with E-state index in [4.69, 9.17) is 4.84 Å². The molecule has 4 heteroatoms. The van der Waals surface area contributed by atoms with E-state index in [1.54, 1.807) is 0 Å². The van der Waals surface area contributed by atoms with Gasteiger partial charge in [0.2, 0.25) is 5.91 Å². The fraction of sp³-hybridized carbons (Fsp3) is 0.211. The van der Waals surface area contributed by atoms with Gasteiger partial charge in [-0.25, -0.2) is 5.48 Å². The van der Waals surface area contributed by atoms with Crippen molar-refractivity contribution < 1.29 is 9.63 Å². The summed E-state index contributed by atoms with van der Waals surface area (Å²) < 4.78 is 0. The number of rotatable bonds is 6. The molecule has 1 heterocycles. The van der Waals surface area contributed by atoms with Crippen LogP contribution in [-0.4, -0.2) is 17.5 Å². The van der Waals surface area contributed by atoms with Crippen molar-refractivity contribution in [3.8, 4) is 0 Å². The maximum Gasteiger partial charge on any atom is 0.244 e. The number of aromatic nitrogens is 1. The van der Waals surface area contributed by atoms with Crippen molar-refractivity contribution in [2.75, 3.05) is 6.61 Å². The van der Waals surface area contributed by atoms with Crippen LogP contribution in [0.3, 0.4) is 0 Å². The smallest absolute Gasteiger partial charge is 0.244 e. The van der Waals surface area contributed by atoms with Gasteiger partial charge in [-0.3, -0.25) is 9.63 Å². The zero-order valence-electron chi connectivity index (χ0n) is 13.1. The number of aromatic amines is 1. The van der Waals surface area contributed by atoms with E-state index in [0.29, 0.717) is 13.0 Å². The Bertz CT molecular complexity index is 780. The molecule has 0 radical (unpaired) electrons. The SMILES string of the molecule is CCONC(=O)CC(c1ccccc1)c1c[nH]c2ccccc12. The van der Waals surface area contributed by atoms with Crippen LogP contribution in [0.15, 0.2) is 60.8 Å². The molecule has 4 nitrogen and oxygen atoms in total. The van der Waals surface area contributed by atoms with Gasteiger partial charge >= 0.3 is 0 Å². The number of benzene rings is 2. The Labute approximate surface area is 135 Å². The highest BCUT2D eigenvalue weighted by atomic mass is 16.6. The fourth-order valence-electron chi connectivity index (χ4n) is 2.85. The maximum atomic E-state index is 12.2. The lowest BCUT2D eigenvalue weighted by Crippen LogP contribution is -2.25. The van der Waals surface area contributed by atoms with E-state index >= 15 is 0 Å². The molecule has 3 rings (SSSR count). The van der Waals surface area contributed by atoms with Crippen molar-refractivity contribution in [1.82, 2.24) is 10.5 Å². The molecule has 0 saturated heterocycles. The summed E-state index contributed by atoms with van der Waals surface area (Å²) in [5.74, 6) is -0.140. The Hall–Kier alpha value is -2.59. The first-order valence-electron chi connectivity index (χ1n) is 7.81. The lowest BCUT2D eigenvalue weighted by atomic mass is 9.88. The minimum Gasteiger partial charge on any atom is -0.361 e. The molecular formula is C19H20N2O2. The summed E-state index contributed by atoms with van der Waals surface area (Å²) in [5, 5.41) is 1.14. The van der Waals surface area contributed by atoms with Crippen molar-refractivity contribution in [3.63, 3.8) is 0 Å². The molecule has 118 valence electrons. The summed E-state index contributed by atoms with van der Waals surface area (Å²) in [6, 6.07) is 18.2. The number of H-pyrrole nitrogens is 1. The van der Waals surface area contributed by atoms with E-state index in [1.165, 1.54) is 0 Å². The zero-order valence-corrected chi connectivity index (χ0v) is 13.1. The first-order chi connectivity index (χ1) is 11.3. The second-order valence-corrected chi connectivity index (χ2v) is 5.42. The molecule has 0 fully saturated rings. The molecule has 0 aliphatic carbocycles. The van der Waals surface area contributed by atoms with Crippen molar-refractivity contribution in [3.05, 3.63) is 71.9 Å². The lowest BCUT2D eigenvalue weighted by Gasteiger charge is -2.17. The van der Waals surface area contributed by atoms with Crippen molar-refractivity contribution >= 4 is 16.8 Å². The molecule has 0 bridgehead atoms. The van der Waals surface area contributed by atoms with Gasteiger partial charge in [-0.1, -0.05) is 48.5 Å². The maximum absolute atomic E-state index is 12.2. The second-order valence-electron chi connectivity index (χ2n) is 5.42. The van der Waals surface area contributed by atoms with Crippen LogP contribution in [0.25, 0.3) is 10.9 Å². The largest absolute Gasteiger partial charge is 0.361 e. The number of hydroxylamine groups is 1. The first kappa shape index (κ1) is 15.3. The summed E-state index contributed by atoms with van der Waals surface area (Å²) in [7, 11) is 0. The number of hydrogen-bond donors (Lipinski definition) is 2. The van der Waals surface area contributed by atoms with Crippen LogP contribution in [-0.2, 0) is 9.63 Å². The quantitative estimate of drug-likeness (QED) is 0.681. The van der Waals surface area contributed by atoms with Crippen LogP contribution < -0.4 is 5.48 Å². The third-order valence-corrected chi connectivity index (χ3v) is 3.92. The van der Waals surface area contributed by atoms with E-state index in [1.807, 2.05) is 49.5 Å². The molecule has 2 N–H and O–H groups in total. The number of hydrogen-bond acceptors (Lipinski definition) is 2. The highest BCUT2D eigenvalue weighted by molar-refractivity contribution is 5.85. The minimum atomic E-state index is -0.119. The fourth-order valence-corrected chi connectivity index (χ4v) is 2.85. The lowest BCUT2D eigenvalue weighted by molar-refractivity contribution is -0.133. The van der Waals surface area contributed by atoms with E-state index in [0.717, 1.165) is 22.0 Å². The molecule has 1 amide bonds. The Kier molecular flexibility index (Phi) is 4.74. The molecule has 1 unspecified atom stereocenters. The van der Waals surface area contributed by atoms with Gasteiger partial charge in [-0.15, -0.1) is 0 Å². The second kappa shape index (κ2) is 7.11. The third kappa shape index (κ3) is 3.43. The third-order valence-electron chi connectivity index (χ3n) is 3.92. The number of para-hydroxylation sites is 1. The van der Waals surface area contributed by atoms with E-state index in [-0.39, 0.29) is 11.8 Å². The zero-order chi connectivity index (χ0) is 16.1. The number of nitrogens with one attached hydrogen (secondary N) is 2. The summed E-state index contributed by atoms with van der Waals surface area (Å²) in [5.41, 5.74) is 5.81. The normalized spacial score (nSPS) is 12.2. The Morgan fingerprint density at radius 2 is 1.87 bits per heavy atom. The van der Waals surface area contributed by atoms with Gasteiger partial charge in [0, 0.05) is 29.4 Å². The Morgan fingerprint density at radius 3 is 2.65 bits per heavy atom. The van der Waals surface area contributed by atoms with E-state index < -0.39 is 0 Å². The van der Waals surface area contributed by atoms with Crippen LogP contribution in [0, 0.1) is 0 Å². The van der Waals surface area contributed by atoms with Crippen LogP contribution in [0.1, 0.15) is 30.4 Å².